The van der Waals surface area contributed by atoms with E-state index in [1.165, 1.54) is 12.0 Å². The van der Waals surface area contributed by atoms with E-state index < -0.39 is 0 Å². The molecule has 0 spiro atoms. The summed E-state index contributed by atoms with van der Waals surface area (Å²) in [4.78, 5) is 0. The number of nitrogens with one attached hydrogen (secondary N) is 2. The minimum atomic E-state index is 0.978. The smallest absolute Gasteiger partial charge is 0.0103 e. The molecule has 0 bridgehead atoms. The highest BCUT2D eigenvalue weighted by Gasteiger charge is 1.90. The lowest BCUT2D eigenvalue weighted by Crippen LogP contribution is -2.32. The highest BCUT2D eigenvalue weighted by Crippen LogP contribution is 2.00. The highest BCUT2D eigenvalue weighted by atomic mass is 15.3. The van der Waals surface area contributed by atoms with Gasteiger partial charge < -0.3 is 0 Å². The van der Waals surface area contributed by atoms with Gasteiger partial charge in [0.15, 0.2) is 0 Å². The van der Waals surface area contributed by atoms with Crippen LogP contribution in [0.3, 0.4) is 0 Å². The molecule has 2 heteroatoms. The first-order valence-corrected chi connectivity index (χ1v) is 4.93. The van der Waals surface area contributed by atoms with E-state index >= 15 is 0 Å². The van der Waals surface area contributed by atoms with Crippen molar-refractivity contribution in [3.8, 4) is 0 Å². The lowest BCUT2D eigenvalue weighted by Gasteiger charge is -2.04. The largest absolute Gasteiger partial charge is 0.258 e. The Morgan fingerprint density at radius 3 is 2.54 bits per heavy atom. The number of hydrogen-bond acceptors (Lipinski definition) is 2. The second-order valence-electron chi connectivity index (χ2n) is 3.05. The van der Waals surface area contributed by atoms with Crippen LogP contribution < -0.4 is 10.9 Å². The summed E-state index contributed by atoms with van der Waals surface area (Å²) in [5, 5.41) is 0. The maximum absolute atomic E-state index is 3.16. The van der Waals surface area contributed by atoms with Crippen LogP contribution in [0.2, 0.25) is 0 Å². The Hall–Kier alpha value is -0.860. The lowest BCUT2D eigenvalue weighted by molar-refractivity contribution is 0.537. The average Bonchev–Trinajstić information content (AvgIpc) is 2.19. The average molecular weight is 178 g/mol. The molecule has 0 fully saturated rings. The number of benzene rings is 1. The Morgan fingerprint density at radius 2 is 1.85 bits per heavy atom. The second-order valence-corrected chi connectivity index (χ2v) is 3.05. The van der Waals surface area contributed by atoms with Gasteiger partial charge in [0, 0.05) is 13.1 Å². The van der Waals surface area contributed by atoms with Gasteiger partial charge in [-0.1, -0.05) is 37.3 Å². The normalized spacial score (nSPS) is 10.2. The van der Waals surface area contributed by atoms with Crippen LogP contribution in [-0.4, -0.2) is 13.1 Å². The van der Waals surface area contributed by atoms with Crippen molar-refractivity contribution in [2.45, 2.75) is 19.8 Å². The van der Waals surface area contributed by atoms with Gasteiger partial charge in [-0.05, 0) is 18.4 Å². The van der Waals surface area contributed by atoms with Crippen LogP contribution >= 0.6 is 0 Å². The summed E-state index contributed by atoms with van der Waals surface area (Å²) in [5.74, 6) is 0. The third-order valence-corrected chi connectivity index (χ3v) is 1.91. The Morgan fingerprint density at radius 1 is 1.08 bits per heavy atom. The molecule has 0 atom stereocenters. The summed E-state index contributed by atoms with van der Waals surface area (Å²) >= 11 is 0. The first kappa shape index (κ1) is 10.2. The number of hydrogen-bond donors (Lipinski definition) is 2. The highest BCUT2D eigenvalue weighted by molar-refractivity contribution is 5.14. The molecule has 1 aromatic rings. The Balaban J connectivity index is 2.07. The van der Waals surface area contributed by atoms with E-state index in [9.17, 15) is 0 Å². The molecule has 2 nitrogen and oxygen atoms in total. The summed E-state index contributed by atoms with van der Waals surface area (Å²) in [7, 11) is 0. The third-order valence-electron chi connectivity index (χ3n) is 1.91. The maximum Gasteiger partial charge on any atom is 0.0103 e. The van der Waals surface area contributed by atoms with Gasteiger partial charge in [-0.3, -0.25) is 10.9 Å². The van der Waals surface area contributed by atoms with E-state index in [1.807, 2.05) is 0 Å². The minimum Gasteiger partial charge on any atom is -0.258 e. The zero-order valence-electron chi connectivity index (χ0n) is 8.22. The summed E-state index contributed by atoms with van der Waals surface area (Å²) < 4.78 is 0. The fraction of sp³-hybridized carbons (Fsp3) is 0.455. The summed E-state index contributed by atoms with van der Waals surface area (Å²) in [5.41, 5.74) is 7.66. The maximum atomic E-state index is 3.16. The van der Waals surface area contributed by atoms with Crippen molar-refractivity contribution in [3.63, 3.8) is 0 Å². The molecule has 1 rings (SSSR count). The van der Waals surface area contributed by atoms with Gasteiger partial charge in [-0.2, -0.15) is 0 Å². The predicted octanol–water partition coefficient (Wildman–Crippen LogP) is 1.73. The van der Waals surface area contributed by atoms with E-state index in [0.717, 1.165) is 19.5 Å². The minimum absolute atomic E-state index is 0.978. The van der Waals surface area contributed by atoms with E-state index in [0.29, 0.717) is 0 Å². The van der Waals surface area contributed by atoms with E-state index in [4.69, 9.17) is 0 Å². The van der Waals surface area contributed by atoms with Gasteiger partial charge in [0.05, 0.1) is 0 Å². The molecule has 0 aromatic heterocycles. The fourth-order valence-corrected chi connectivity index (χ4v) is 1.24. The Bertz CT molecular complexity index is 209. The van der Waals surface area contributed by atoms with Crippen molar-refractivity contribution < 1.29 is 0 Å². The van der Waals surface area contributed by atoms with Gasteiger partial charge >= 0.3 is 0 Å². The van der Waals surface area contributed by atoms with Crippen molar-refractivity contribution in [2.24, 2.45) is 0 Å². The summed E-state index contributed by atoms with van der Waals surface area (Å²) in [6, 6.07) is 10.6. The van der Waals surface area contributed by atoms with Crippen molar-refractivity contribution in [3.05, 3.63) is 35.9 Å². The third kappa shape index (κ3) is 4.65. The molecule has 0 aliphatic heterocycles. The van der Waals surface area contributed by atoms with Crippen molar-refractivity contribution >= 4 is 0 Å². The van der Waals surface area contributed by atoms with Crippen LogP contribution in [0.4, 0.5) is 0 Å². The second kappa shape index (κ2) is 6.63. The standard InChI is InChI=1S/C11H18N2/c1-2-12-13-10-6-9-11-7-4-3-5-8-11/h3-5,7-8,12-13H,2,6,9-10H2,1H3. The van der Waals surface area contributed by atoms with Crippen molar-refractivity contribution in [2.75, 3.05) is 13.1 Å². The molecule has 0 aliphatic rings. The fourth-order valence-electron chi connectivity index (χ4n) is 1.24. The molecular formula is C11H18N2. The monoisotopic (exact) mass is 178 g/mol. The van der Waals surface area contributed by atoms with Gasteiger partial charge in [-0.15, -0.1) is 0 Å². The molecule has 0 unspecified atom stereocenters. The number of aryl methyl sites for hydroxylation is 1. The quantitative estimate of drug-likeness (QED) is 0.512. The SMILES string of the molecule is CCNNCCCc1ccccc1. The zero-order valence-corrected chi connectivity index (χ0v) is 8.22. The first-order chi connectivity index (χ1) is 6.43. The molecule has 0 radical (unpaired) electrons. The number of hydrazine groups is 1. The molecule has 72 valence electrons. The predicted molar refractivity (Wildman–Crippen MR) is 56.4 cm³/mol. The molecule has 0 aliphatic carbocycles. The topological polar surface area (TPSA) is 24.1 Å². The Kier molecular flexibility index (Phi) is 5.22. The van der Waals surface area contributed by atoms with Gasteiger partial charge in [0.1, 0.15) is 0 Å². The van der Waals surface area contributed by atoms with Gasteiger partial charge in [0.25, 0.3) is 0 Å². The molecule has 0 saturated carbocycles. The summed E-state index contributed by atoms with van der Waals surface area (Å²) in [6.45, 7) is 4.10. The number of rotatable bonds is 6. The van der Waals surface area contributed by atoms with Crippen LogP contribution in [0.1, 0.15) is 18.9 Å². The van der Waals surface area contributed by atoms with Gasteiger partial charge in [0.2, 0.25) is 0 Å². The molecule has 0 saturated heterocycles. The summed E-state index contributed by atoms with van der Waals surface area (Å²) in [6.07, 6.45) is 2.33. The van der Waals surface area contributed by atoms with Crippen molar-refractivity contribution in [1.82, 2.24) is 10.9 Å². The van der Waals surface area contributed by atoms with Crippen molar-refractivity contribution in [1.29, 1.82) is 0 Å². The van der Waals surface area contributed by atoms with Crippen LogP contribution in [0.5, 0.6) is 0 Å². The Labute approximate surface area is 80.3 Å². The van der Waals surface area contributed by atoms with E-state index in [2.05, 4.69) is 48.1 Å². The molecule has 0 heterocycles. The first-order valence-electron chi connectivity index (χ1n) is 4.93. The molecule has 2 N–H and O–H groups in total. The van der Waals surface area contributed by atoms with Crippen LogP contribution in [0.25, 0.3) is 0 Å². The van der Waals surface area contributed by atoms with Crippen LogP contribution in [-0.2, 0) is 6.42 Å². The van der Waals surface area contributed by atoms with Crippen LogP contribution in [0, 0.1) is 0 Å². The molecule has 1 aromatic carbocycles. The van der Waals surface area contributed by atoms with E-state index in [-0.39, 0.29) is 0 Å². The molecule has 0 amide bonds. The molecule has 13 heavy (non-hydrogen) atoms. The molecular weight excluding hydrogens is 160 g/mol. The lowest BCUT2D eigenvalue weighted by atomic mass is 10.1. The van der Waals surface area contributed by atoms with E-state index in [1.54, 1.807) is 0 Å². The van der Waals surface area contributed by atoms with Gasteiger partial charge in [-0.25, -0.2) is 0 Å². The van der Waals surface area contributed by atoms with Crippen LogP contribution in [0.15, 0.2) is 30.3 Å². The zero-order chi connectivity index (χ0) is 9.36.